The van der Waals surface area contributed by atoms with Crippen LogP contribution in [0.5, 0.6) is 5.75 Å². The topological polar surface area (TPSA) is 135 Å². The quantitative estimate of drug-likeness (QED) is 0.129. The molecule has 0 fully saturated rings. The van der Waals surface area contributed by atoms with Gasteiger partial charge < -0.3 is 29.1 Å². The summed E-state index contributed by atoms with van der Waals surface area (Å²) in [4.78, 5) is 35.1. The molecule has 0 amide bonds. The Balaban J connectivity index is 0.000000900. The first-order valence-corrected chi connectivity index (χ1v) is 10.3. The van der Waals surface area contributed by atoms with Gasteiger partial charge in [-0.15, -0.1) is 10.1 Å². The summed E-state index contributed by atoms with van der Waals surface area (Å²) in [5.74, 6) is 0.465. The van der Waals surface area contributed by atoms with Crippen LogP contribution in [0.15, 0.2) is 24.3 Å². The molecule has 32 heavy (non-hydrogen) atoms. The monoisotopic (exact) mass is 458 g/mol. The molecule has 0 saturated heterocycles. The lowest BCUT2D eigenvalue weighted by Gasteiger charge is -2.18. The minimum absolute atomic E-state index is 0.0147. The summed E-state index contributed by atoms with van der Waals surface area (Å²) < 4.78 is 20.0. The van der Waals surface area contributed by atoms with Crippen molar-refractivity contribution in [3.63, 3.8) is 0 Å². The second-order valence-corrected chi connectivity index (χ2v) is 6.70. The molecule has 0 aliphatic carbocycles. The van der Waals surface area contributed by atoms with E-state index in [4.69, 9.17) is 14.2 Å². The van der Waals surface area contributed by atoms with Crippen LogP contribution in [0.4, 0.5) is 0 Å². The maximum Gasteiger partial charge on any atom is 0.305 e. The number of benzene rings is 1. The van der Waals surface area contributed by atoms with E-state index in [9.17, 15) is 19.7 Å². The fourth-order valence-corrected chi connectivity index (χ4v) is 2.20. The Bertz CT molecular complexity index is 639. The van der Waals surface area contributed by atoms with Gasteiger partial charge in [0, 0.05) is 25.6 Å². The van der Waals surface area contributed by atoms with E-state index in [0.717, 1.165) is 5.56 Å². The highest BCUT2D eigenvalue weighted by atomic mass is 17.0. The molecular weight excluding hydrogens is 424 g/mol. The predicted molar refractivity (Wildman–Crippen MR) is 116 cm³/mol. The maximum absolute atomic E-state index is 11.1. The first-order valence-electron chi connectivity index (χ1n) is 10.3. The van der Waals surface area contributed by atoms with Gasteiger partial charge >= 0.3 is 5.97 Å². The van der Waals surface area contributed by atoms with Gasteiger partial charge in [-0.25, -0.2) is 0 Å². The van der Waals surface area contributed by atoms with Crippen LogP contribution < -0.4 is 10.1 Å². The molecule has 182 valence electrons. The Morgan fingerprint density at radius 3 is 2.44 bits per heavy atom. The summed E-state index contributed by atoms with van der Waals surface area (Å²) in [6.45, 7) is 7.95. The number of nitrogens with zero attached hydrogens (tertiary/aromatic N) is 1. The number of rotatable bonds is 16. The molecule has 1 unspecified atom stereocenters. The lowest BCUT2D eigenvalue weighted by Crippen LogP contribution is -2.36. The predicted octanol–water partition coefficient (Wildman–Crippen LogP) is 1.94. The number of hydrogen-bond acceptors (Lipinski definition) is 10. The van der Waals surface area contributed by atoms with Crippen molar-refractivity contribution in [1.82, 2.24) is 5.32 Å². The zero-order chi connectivity index (χ0) is 24.2. The molecule has 0 aliphatic heterocycles. The number of carbonyl (C=O) groups is 2. The van der Waals surface area contributed by atoms with Crippen LogP contribution in [0.2, 0.25) is 0 Å². The largest absolute Gasteiger partial charge is 0.490 e. The Kier molecular flexibility index (Phi) is 17.1. The van der Waals surface area contributed by atoms with E-state index in [1.807, 2.05) is 45.0 Å². The summed E-state index contributed by atoms with van der Waals surface area (Å²) >= 11 is 0. The Morgan fingerprint density at radius 2 is 1.91 bits per heavy atom. The number of hydrogen-bond donors (Lipinski definition) is 1. The minimum atomic E-state index is -0.834. The summed E-state index contributed by atoms with van der Waals surface area (Å²) in [7, 11) is 1.38. The molecule has 1 rings (SSSR count). The molecule has 0 bridgehead atoms. The molecule has 1 atom stereocenters. The highest BCUT2D eigenvalue weighted by Gasteiger charge is 2.11. The molecular formula is C21H34N2O9. The average Bonchev–Trinajstić information content (AvgIpc) is 2.78. The van der Waals surface area contributed by atoms with Crippen LogP contribution >= 0.6 is 0 Å². The van der Waals surface area contributed by atoms with Gasteiger partial charge in [-0.2, -0.15) is 0 Å². The van der Waals surface area contributed by atoms with Gasteiger partial charge in [0.05, 0.1) is 13.7 Å². The number of methoxy groups -OCH3 is 1. The van der Waals surface area contributed by atoms with Crippen LogP contribution in [0.1, 0.15) is 32.8 Å². The van der Waals surface area contributed by atoms with Gasteiger partial charge in [0.25, 0.3) is 11.6 Å². The zero-order valence-electron chi connectivity index (χ0n) is 19.1. The summed E-state index contributed by atoms with van der Waals surface area (Å²) in [5.41, 5.74) is 1.03. The molecule has 0 aliphatic rings. The minimum Gasteiger partial charge on any atom is -0.490 e. The maximum atomic E-state index is 11.1. The second kappa shape index (κ2) is 18.8. The fraction of sp³-hybridized carbons (Fsp3) is 0.619. The highest BCUT2D eigenvalue weighted by molar-refractivity contribution is 5.69. The SMILES string of the molecule is CCOCCO[N+](=O)[O-].COC(=O)CCc1ccc(OCC(CNC(C)C)OC=O)cc1. The smallest absolute Gasteiger partial charge is 0.305 e. The number of aryl methyl sites for hydroxylation is 1. The molecule has 1 aromatic carbocycles. The van der Waals surface area contributed by atoms with Crippen LogP contribution in [0, 0.1) is 10.1 Å². The molecule has 11 heteroatoms. The summed E-state index contributed by atoms with van der Waals surface area (Å²) in [5, 5.41) is 11.9. The van der Waals surface area contributed by atoms with Crippen LogP contribution in [0.25, 0.3) is 0 Å². The first kappa shape index (κ1) is 29.1. The van der Waals surface area contributed by atoms with Crippen molar-refractivity contribution in [3.8, 4) is 5.75 Å². The van der Waals surface area contributed by atoms with Crippen molar-refractivity contribution in [3.05, 3.63) is 39.9 Å². The first-order chi connectivity index (χ1) is 15.3. The van der Waals surface area contributed by atoms with Crippen molar-refractivity contribution >= 4 is 12.4 Å². The summed E-state index contributed by atoms with van der Waals surface area (Å²) in [6, 6.07) is 7.78. The normalized spacial score (nSPS) is 11.0. The van der Waals surface area contributed by atoms with E-state index in [-0.39, 0.29) is 31.9 Å². The van der Waals surface area contributed by atoms with E-state index < -0.39 is 5.09 Å². The molecule has 0 aromatic heterocycles. The highest BCUT2D eigenvalue weighted by Crippen LogP contribution is 2.14. The van der Waals surface area contributed by atoms with Crippen molar-refractivity contribution in [2.24, 2.45) is 0 Å². The molecule has 1 N–H and O–H groups in total. The molecule has 11 nitrogen and oxygen atoms in total. The van der Waals surface area contributed by atoms with Crippen LogP contribution in [-0.4, -0.2) is 69.8 Å². The molecule has 0 spiro atoms. The van der Waals surface area contributed by atoms with E-state index in [2.05, 4.69) is 14.9 Å². The number of ether oxygens (including phenoxy) is 4. The third-order valence-electron chi connectivity index (χ3n) is 3.83. The van der Waals surface area contributed by atoms with Crippen molar-refractivity contribution in [2.45, 2.75) is 45.8 Å². The van der Waals surface area contributed by atoms with Gasteiger partial charge in [0.1, 0.15) is 25.1 Å². The van der Waals surface area contributed by atoms with Crippen LogP contribution in [0.3, 0.4) is 0 Å². The van der Waals surface area contributed by atoms with Gasteiger partial charge in [-0.05, 0) is 31.0 Å². The van der Waals surface area contributed by atoms with Gasteiger partial charge in [0.15, 0.2) is 0 Å². The third-order valence-corrected chi connectivity index (χ3v) is 3.83. The van der Waals surface area contributed by atoms with E-state index >= 15 is 0 Å². The Labute approximate surface area is 188 Å². The lowest BCUT2D eigenvalue weighted by atomic mass is 10.1. The average molecular weight is 459 g/mol. The van der Waals surface area contributed by atoms with Crippen molar-refractivity contribution < 1.29 is 38.5 Å². The van der Waals surface area contributed by atoms with E-state index in [1.165, 1.54) is 7.11 Å². The number of nitrogens with one attached hydrogen (secondary N) is 1. The van der Waals surface area contributed by atoms with E-state index in [1.54, 1.807) is 0 Å². The van der Waals surface area contributed by atoms with Gasteiger partial charge in [-0.3, -0.25) is 9.59 Å². The number of carbonyl (C=O) groups excluding carboxylic acids is 2. The molecule has 1 aromatic rings. The Hall–Kier alpha value is -2.92. The fourth-order valence-electron chi connectivity index (χ4n) is 2.20. The van der Waals surface area contributed by atoms with Crippen molar-refractivity contribution in [1.29, 1.82) is 0 Å². The van der Waals surface area contributed by atoms with Gasteiger partial charge in [-0.1, -0.05) is 26.0 Å². The second-order valence-electron chi connectivity index (χ2n) is 6.70. The number of esters is 1. The van der Waals surface area contributed by atoms with Gasteiger partial charge in [0.2, 0.25) is 0 Å². The Morgan fingerprint density at radius 1 is 1.22 bits per heavy atom. The zero-order valence-corrected chi connectivity index (χ0v) is 19.1. The standard InChI is InChI=1S/C17H25NO5.C4H9NO4/c1-13(2)18-10-16(23-12-19)11-22-15-7-4-14(5-8-15)6-9-17(20)21-3;1-2-8-3-4-9-5(6)7/h4-5,7-8,12-13,16,18H,6,9-11H2,1-3H3;2-4H2,1H3. The van der Waals surface area contributed by atoms with Crippen LogP contribution in [-0.2, 0) is 35.1 Å². The summed E-state index contributed by atoms with van der Waals surface area (Å²) in [6.07, 6.45) is 0.642. The van der Waals surface area contributed by atoms with Crippen molar-refractivity contribution in [2.75, 3.05) is 40.1 Å². The molecule has 0 radical (unpaired) electrons. The lowest BCUT2D eigenvalue weighted by molar-refractivity contribution is -0.758. The van der Waals surface area contributed by atoms with E-state index in [0.29, 0.717) is 44.3 Å². The molecule has 0 heterocycles. The molecule has 0 saturated carbocycles. The third kappa shape index (κ3) is 16.8.